The summed E-state index contributed by atoms with van der Waals surface area (Å²) in [5.74, 6) is 0. The quantitative estimate of drug-likeness (QED) is 0.240. The standard InChI is InChI=1S/C5H7BN2O.C2H6O/c6-5(8)2-1-4(7)3-9;1-3-2/h1-3,8-9H,7H2;1-2H3/b2-1-,4-3+,8-5?;. The van der Waals surface area contributed by atoms with Crippen molar-refractivity contribution in [2.24, 2.45) is 5.73 Å². The highest BCUT2D eigenvalue weighted by atomic mass is 16.4. The molecule has 4 nitrogen and oxygen atoms in total. The van der Waals surface area contributed by atoms with Gasteiger partial charge in [-0.25, -0.2) is 0 Å². The van der Waals surface area contributed by atoms with Crippen molar-refractivity contribution in [2.45, 2.75) is 0 Å². The van der Waals surface area contributed by atoms with Crippen LogP contribution in [0.5, 0.6) is 0 Å². The largest absolute Gasteiger partial charge is 0.513 e. The molecule has 0 fully saturated rings. The molecule has 0 aromatic carbocycles. The predicted octanol–water partition coefficient (Wildman–Crippen LogP) is 0.309. The molecule has 0 aliphatic rings. The molecule has 5 heteroatoms. The lowest BCUT2D eigenvalue weighted by Gasteiger charge is -1.86. The minimum absolute atomic E-state index is 0.0974. The highest BCUT2D eigenvalue weighted by Crippen LogP contribution is 1.82. The van der Waals surface area contributed by atoms with Crippen LogP contribution in [0.2, 0.25) is 0 Å². The van der Waals surface area contributed by atoms with Gasteiger partial charge in [-0.05, 0) is 11.7 Å². The molecule has 0 heterocycles. The summed E-state index contributed by atoms with van der Waals surface area (Å²) in [5, 5.41) is 14.9. The molecule has 0 spiro atoms. The van der Waals surface area contributed by atoms with Crippen molar-refractivity contribution in [2.75, 3.05) is 14.2 Å². The minimum atomic E-state index is -0.0974. The van der Waals surface area contributed by atoms with Gasteiger partial charge in [0.25, 0.3) is 0 Å². The predicted molar refractivity (Wildman–Crippen MR) is 50.5 cm³/mol. The van der Waals surface area contributed by atoms with E-state index in [9.17, 15) is 0 Å². The van der Waals surface area contributed by atoms with Gasteiger partial charge in [-0.3, -0.25) is 0 Å². The van der Waals surface area contributed by atoms with Gasteiger partial charge in [-0.15, -0.1) is 0 Å². The van der Waals surface area contributed by atoms with Crippen molar-refractivity contribution in [1.82, 2.24) is 0 Å². The van der Waals surface area contributed by atoms with Crippen molar-refractivity contribution in [3.8, 4) is 0 Å². The van der Waals surface area contributed by atoms with Gasteiger partial charge < -0.3 is 21.0 Å². The number of nitrogens with one attached hydrogen (secondary N) is 1. The third-order valence-corrected chi connectivity index (χ3v) is 0.604. The van der Waals surface area contributed by atoms with Crippen molar-refractivity contribution in [1.29, 1.82) is 5.41 Å². The summed E-state index contributed by atoms with van der Waals surface area (Å²) < 4.78 is 4.25. The normalized spacial score (nSPS) is 10.7. The summed E-state index contributed by atoms with van der Waals surface area (Å²) in [6.45, 7) is 0. The Kier molecular flexibility index (Phi) is 10.9. The highest BCUT2D eigenvalue weighted by Gasteiger charge is 1.78. The molecular formula is C7H13BN2O2. The van der Waals surface area contributed by atoms with Crippen LogP contribution in [0.25, 0.3) is 0 Å². The third-order valence-electron chi connectivity index (χ3n) is 0.604. The molecular weight excluding hydrogens is 155 g/mol. The molecule has 66 valence electrons. The summed E-state index contributed by atoms with van der Waals surface area (Å²) in [6.07, 6.45) is 3.35. The smallest absolute Gasteiger partial charge is 0.140 e. The molecule has 0 amide bonds. The topological polar surface area (TPSA) is 79.3 Å². The fourth-order valence-corrected chi connectivity index (χ4v) is 0.229. The van der Waals surface area contributed by atoms with Gasteiger partial charge in [0.15, 0.2) is 0 Å². The summed E-state index contributed by atoms with van der Waals surface area (Å²) >= 11 is 0. The molecule has 0 saturated carbocycles. The first-order valence-electron chi connectivity index (χ1n) is 3.10. The van der Waals surface area contributed by atoms with Crippen LogP contribution >= 0.6 is 0 Å². The van der Waals surface area contributed by atoms with Gasteiger partial charge in [-0.1, -0.05) is 6.08 Å². The summed E-state index contributed by atoms with van der Waals surface area (Å²) in [5.41, 5.74) is 5.17. The van der Waals surface area contributed by atoms with Crippen molar-refractivity contribution < 1.29 is 9.84 Å². The van der Waals surface area contributed by atoms with E-state index < -0.39 is 0 Å². The molecule has 0 rings (SSSR count). The van der Waals surface area contributed by atoms with E-state index in [4.69, 9.17) is 24.1 Å². The van der Waals surface area contributed by atoms with Crippen LogP contribution in [0.1, 0.15) is 0 Å². The highest BCUT2D eigenvalue weighted by molar-refractivity contribution is 6.62. The van der Waals surface area contributed by atoms with Gasteiger partial charge in [0, 0.05) is 14.2 Å². The average Bonchev–Trinajstić information content (AvgIpc) is 2.01. The third kappa shape index (κ3) is 15.9. The molecule has 0 atom stereocenters. The lowest BCUT2D eigenvalue weighted by atomic mass is 10.0. The van der Waals surface area contributed by atoms with E-state index in [1.165, 1.54) is 12.2 Å². The fraction of sp³-hybridized carbons (Fsp3) is 0.286. The van der Waals surface area contributed by atoms with E-state index in [2.05, 4.69) is 4.74 Å². The Morgan fingerprint density at radius 3 is 2.17 bits per heavy atom. The molecule has 0 unspecified atom stereocenters. The SMILES string of the molecule is COC.[B]C(=N)/C=C\C(N)=C/O. The van der Waals surface area contributed by atoms with Crippen LogP contribution in [0.3, 0.4) is 0 Å². The van der Waals surface area contributed by atoms with Crippen LogP contribution in [-0.4, -0.2) is 32.8 Å². The van der Waals surface area contributed by atoms with Crippen molar-refractivity contribution in [3.05, 3.63) is 24.1 Å². The number of aliphatic hydroxyl groups is 1. The van der Waals surface area contributed by atoms with Crippen LogP contribution in [0, 0.1) is 5.41 Å². The molecule has 0 aromatic rings. The lowest BCUT2D eigenvalue weighted by molar-refractivity contribution is 0.277. The van der Waals surface area contributed by atoms with E-state index in [1.54, 1.807) is 14.2 Å². The maximum atomic E-state index is 8.20. The maximum Gasteiger partial charge on any atom is 0.140 e. The zero-order valence-corrected chi connectivity index (χ0v) is 7.24. The first kappa shape index (κ1) is 13.4. The van der Waals surface area contributed by atoms with E-state index in [-0.39, 0.29) is 11.3 Å². The second-order valence-electron chi connectivity index (χ2n) is 1.83. The Labute approximate surface area is 73.6 Å². The van der Waals surface area contributed by atoms with Crippen LogP contribution in [-0.2, 0) is 4.74 Å². The zero-order valence-electron chi connectivity index (χ0n) is 7.24. The van der Waals surface area contributed by atoms with Crippen molar-refractivity contribution in [3.63, 3.8) is 0 Å². The average molecular weight is 168 g/mol. The summed E-state index contributed by atoms with van der Waals surface area (Å²) in [7, 11) is 8.18. The molecule has 0 aliphatic carbocycles. The Morgan fingerprint density at radius 2 is 1.92 bits per heavy atom. The first-order chi connectivity index (χ1) is 5.58. The van der Waals surface area contributed by atoms with Gasteiger partial charge in [-0.2, -0.15) is 0 Å². The van der Waals surface area contributed by atoms with Crippen LogP contribution < -0.4 is 5.73 Å². The fourth-order valence-electron chi connectivity index (χ4n) is 0.229. The van der Waals surface area contributed by atoms with Gasteiger partial charge in [0.05, 0.1) is 5.70 Å². The number of methoxy groups -OCH3 is 1. The number of aliphatic hydroxyl groups excluding tert-OH is 1. The minimum Gasteiger partial charge on any atom is -0.513 e. The van der Waals surface area contributed by atoms with Gasteiger partial charge in [0.1, 0.15) is 14.1 Å². The van der Waals surface area contributed by atoms with Crippen LogP contribution in [0.15, 0.2) is 24.1 Å². The summed E-state index contributed by atoms with van der Waals surface area (Å²) in [4.78, 5) is 0. The zero-order chi connectivity index (χ0) is 9.98. The Balaban J connectivity index is 0. The molecule has 0 aliphatic heterocycles. The molecule has 12 heavy (non-hydrogen) atoms. The molecule has 0 aromatic heterocycles. The molecule has 4 N–H and O–H groups in total. The van der Waals surface area contributed by atoms with Crippen molar-refractivity contribution >= 4 is 13.5 Å². The Bertz CT molecular complexity index is 178. The van der Waals surface area contributed by atoms with E-state index in [1.807, 2.05) is 0 Å². The maximum absolute atomic E-state index is 8.20. The van der Waals surface area contributed by atoms with Gasteiger partial charge >= 0.3 is 0 Å². The molecule has 0 saturated heterocycles. The Hall–Kier alpha value is -1.23. The second-order valence-corrected chi connectivity index (χ2v) is 1.83. The number of hydrogen-bond donors (Lipinski definition) is 3. The Morgan fingerprint density at radius 1 is 1.50 bits per heavy atom. The number of rotatable bonds is 2. The summed E-state index contributed by atoms with van der Waals surface area (Å²) in [6, 6.07) is 0. The van der Waals surface area contributed by atoms with Gasteiger partial charge in [0.2, 0.25) is 0 Å². The monoisotopic (exact) mass is 168 g/mol. The number of allylic oxidation sites excluding steroid dienone is 2. The first-order valence-corrected chi connectivity index (χ1v) is 3.10. The molecule has 2 radical (unpaired) electrons. The van der Waals surface area contributed by atoms with Crippen LogP contribution in [0.4, 0.5) is 0 Å². The van der Waals surface area contributed by atoms with E-state index in [0.717, 1.165) is 6.26 Å². The number of ether oxygens (including phenoxy) is 1. The lowest BCUT2D eigenvalue weighted by Crippen LogP contribution is -1.94. The number of hydrogen-bond acceptors (Lipinski definition) is 4. The van der Waals surface area contributed by atoms with E-state index in [0.29, 0.717) is 0 Å². The van der Waals surface area contributed by atoms with E-state index >= 15 is 0 Å². The number of nitrogens with two attached hydrogens (primary N) is 1. The second kappa shape index (κ2) is 9.77. The molecule has 0 bridgehead atoms.